The van der Waals surface area contributed by atoms with Crippen LogP contribution >= 0.6 is 11.6 Å². The monoisotopic (exact) mass is 266 g/mol. The number of methoxy groups -OCH3 is 1. The van der Waals surface area contributed by atoms with E-state index in [0.717, 1.165) is 16.9 Å². The first-order valence-electron chi connectivity index (χ1n) is 5.80. The molecule has 0 bridgehead atoms. The summed E-state index contributed by atoms with van der Waals surface area (Å²) in [6, 6.07) is 5.89. The summed E-state index contributed by atoms with van der Waals surface area (Å²) >= 11 is 6.11. The van der Waals surface area contributed by atoms with Gasteiger partial charge in [-0.3, -0.25) is 0 Å². The number of aryl methyl sites for hydroxylation is 1. The number of hydrogen-bond donors (Lipinski definition) is 1. The summed E-state index contributed by atoms with van der Waals surface area (Å²) in [6.07, 6.45) is 0. The van der Waals surface area contributed by atoms with Crippen molar-refractivity contribution in [2.75, 3.05) is 14.2 Å². The molecule has 0 aromatic heterocycles. The van der Waals surface area contributed by atoms with Crippen LogP contribution < -0.4 is 10.1 Å². The number of nitriles is 1. The molecule has 0 saturated heterocycles. The molecule has 0 fully saturated rings. The van der Waals surface area contributed by atoms with Gasteiger partial charge in [0, 0.05) is 10.6 Å². The predicted octanol–water partition coefficient (Wildman–Crippen LogP) is 3.47. The number of halogens is 1. The fourth-order valence-corrected chi connectivity index (χ4v) is 2.50. The minimum absolute atomic E-state index is 0.144. The topological polar surface area (TPSA) is 45.0 Å². The first kappa shape index (κ1) is 14.8. The Balaban J connectivity index is 3.43. The highest BCUT2D eigenvalue weighted by molar-refractivity contribution is 6.30. The standard InChI is InChI=1S/C14H19ClN2O/c1-9-6-10(15)7-11(12(9)18-5)13(17-4)14(2,3)8-16/h6-7,13,17H,1-5H3. The van der Waals surface area contributed by atoms with E-state index in [2.05, 4.69) is 11.4 Å². The molecule has 1 N–H and O–H groups in total. The van der Waals surface area contributed by atoms with Crippen LogP contribution in [0.15, 0.2) is 12.1 Å². The van der Waals surface area contributed by atoms with Gasteiger partial charge >= 0.3 is 0 Å². The van der Waals surface area contributed by atoms with Crippen LogP contribution in [0.3, 0.4) is 0 Å². The molecule has 1 atom stereocenters. The Hall–Kier alpha value is -1.24. The van der Waals surface area contributed by atoms with Gasteiger partial charge in [0.2, 0.25) is 0 Å². The molecule has 1 rings (SSSR count). The maximum Gasteiger partial charge on any atom is 0.126 e. The third kappa shape index (κ3) is 2.77. The number of rotatable bonds is 4. The van der Waals surface area contributed by atoms with Crippen LogP contribution in [0.2, 0.25) is 5.02 Å². The fourth-order valence-electron chi connectivity index (χ4n) is 2.22. The summed E-state index contributed by atoms with van der Waals surface area (Å²) in [5.41, 5.74) is 1.32. The van der Waals surface area contributed by atoms with Crippen molar-refractivity contribution in [1.82, 2.24) is 5.32 Å². The van der Waals surface area contributed by atoms with Crippen molar-refractivity contribution in [2.45, 2.75) is 26.8 Å². The Morgan fingerprint density at radius 1 is 1.44 bits per heavy atom. The smallest absolute Gasteiger partial charge is 0.126 e. The molecule has 0 amide bonds. The summed E-state index contributed by atoms with van der Waals surface area (Å²) in [5, 5.41) is 13.1. The van der Waals surface area contributed by atoms with Crippen molar-refractivity contribution in [1.29, 1.82) is 5.26 Å². The first-order chi connectivity index (χ1) is 8.37. The van der Waals surface area contributed by atoms with Crippen LogP contribution in [0.4, 0.5) is 0 Å². The minimum atomic E-state index is -0.556. The zero-order valence-electron chi connectivity index (χ0n) is 11.5. The third-order valence-corrected chi connectivity index (χ3v) is 3.30. The average Bonchev–Trinajstić information content (AvgIpc) is 2.29. The lowest BCUT2D eigenvalue weighted by atomic mass is 9.81. The highest BCUT2D eigenvalue weighted by Gasteiger charge is 2.32. The Morgan fingerprint density at radius 2 is 2.06 bits per heavy atom. The van der Waals surface area contributed by atoms with Crippen molar-refractivity contribution >= 4 is 11.6 Å². The summed E-state index contributed by atoms with van der Waals surface area (Å²) in [7, 11) is 3.46. The molecule has 0 radical (unpaired) electrons. The van der Waals surface area contributed by atoms with Crippen LogP contribution in [0.1, 0.15) is 31.0 Å². The third-order valence-electron chi connectivity index (χ3n) is 3.08. The van der Waals surface area contributed by atoms with E-state index in [0.29, 0.717) is 5.02 Å². The van der Waals surface area contributed by atoms with E-state index in [1.807, 2.05) is 40.0 Å². The zero-order valence-corrected chi connectivity index (χ0v) is 12.2. The van der Waals surface area contributed by atoms with E-state index in [-0.39, 0.29) is 6.04 Å². The molecule has 0 aliphatic heterocycles. The molecule has 0 spiro atoms. The SMILES string of the molecule is CNC(c1cc(Cl)cc(C)c1OC)C(C)(C)C#N. The van der Waals surface area contributed by atoms with E-state index in [1.54, 1.807) is 7.11 Å². The fraction of sp³-hybridized carbons (Fsp3) is 0.500. The van der Waals surface area contributed by atoms with Gasteiger partial charge in [-0.15, -0.1) is 0 Å². The molecular weight excluding hydrogens is 248 g/mol. The van der Waals surface area contributed by atoms with E-state index < -0.39 is 5.41 Å². The Morgan fingerprint density at radius 3 is 2.50 bits per heavy atom. The molecule has 0 saturated carbocycles. The van der Waals surface area contributed by atoms with Crippen LogP contribution in [-0.4, -0.2) is 14.2 Å². The summed E-state index contributed by atoms with van der Waals surface area (Å²) < 4.78 is 5.45. The highest BCUT2D eigenvalue weighted by Crippen LogP contribution is 2.40. The lowest BCUT2D eigenvalue weighted by Crippen LogP contribution is -2.31. The first-order valence-corrected chi connectivity index (χ1v) is 6.17. The molecule has 18 heavy (non-hydrogen) atoms. The second-order valence-corrected chi connectivity index (χ2v) is 5.34. The second-order valence-electron chi connectivity index (χ2n) is 4.90. The Kier molecular flexibility index (Phi) is 4.61. The van der Waals surface area contributed by atoms with E-state index in [1.165, 1.54) is 0 Å². The molecule has 0 aliphatic rings. The van der Waals surface area contributed by atoms with Gasteiger partial charge in [0.25, 0.3) is 0 Å². The summed E-state index contributed by atoms with van der Waals surface area (Å²) in [5.74, 6) is 0.780. The van der Waals surface area contributed by atoms with Gasteiger partial charge in [0.15, 0.2) is 0 Å². The number of benzene rings is 1. The van der Waals surface area contributed by atoms with Gasteiger partial charge in [-0.2, -0.15) is 5.26 Å². The predicted molar refractivity (Wildman–Crippen MR) is 73.9 cm³/mol. The van der Waals surface area contributed by atoms with E-state index in [9.17, 15) is 5.26 Å². The summed E-state index contributed by atoms with van der Waals surface area (Å²) in [6.45, 7) is 5.73. The number of ether oxygens (including phenoxy) is 1. The van der Waals surface area contributed by atoms with Crippen LogP contribution in [0.25, 0.3) is 0 Å². The van der Waals surface area contributed by atoms with Gasteiger partial charge in [-0.05, 0) is 45.5 Å². The molecule has 4 heteroatoms. The van der Waals surface area contributed by atoms with E-state index >= 15 is 0 Å². The van der Waals surface area contributed by atoms with Crippen molar-refractivity contribution in [3.8, 4) is 11.8 Å². The lowest BCUT2D eigenvalue weighted by molar-refractivity contribution is 0.325. The van der Waals surface area contributed by atoms with Crippen LogP contribution in [-0.2, 0) is 0 Å². The van der Waals surface area contributed by atoms with Crippen LogP contribution in [0, 0.1) is 23.7 Å². The van der Waals surface area contributed by atoms with Gasteiger partial charge in [0.05, 0.1) is 24.6 Å². The van der Waals surface area contributed by atoms with Crippen molar-refractivity contribution in [3.05, 3.63) is 28.3 Å². The van der Waals surface area contributed by atoms with Gasteiger partial charge < -0.3 is 10.1 Å². The minimum Gasteiger partial charge on any atom is -0.496 e. The second kappa shape index (κ2) is 5.60. The lowest BCUT2D eigenvalue weighted by Gasteiger charge is -2.30. The molecular formula is C14H19ClN2O. The largest absolute Gasteiger partial charge is 0.496 e. The van der Waals surface area contributed by atoms with Gasteiger partial charge in [-0.25, -0.2) is 0 Å². The Labute approximate surface area is 114 Å². The van der Waals surface area contributed by atoms with Crippen LogP contribution in [0.5, 0.6) is 5.75 Å². The maximum atomic E-state index is 9.30. The average molecular weight is 267 g/mol. The Bertz CT molecular complexity index is 477. The van der Waals surface area contributed by atoms with Gasteiger partial charge in [0.1, 0.15) is 5.75 Å². The number of hydrogen-bond acceptors (Lipinski definition) is 3. The molecule has 0 aliphatic carbocycles. The molecule has 1 unspecified atom stereocenters. The maximum absolute atomic E-state index is 9.30. The number of nitrogens with zero attached hydrogens (tertiary/aromatic N) is 1. The van der Waals surface area contributed by atoms with Crippen molar-refractivity contribution < 1.29 is 4.74 Å². The van der Waals surface area contributed by atoms with E-state index in [4.69, 9.17) is 16.3 Å². The molecule has 1 aromatic carbocycles. The zero-order chi connectivity index (χ0) is 13.9. The number of nitrogens with one attached hydrogen (secondary N) is 1. The molecule has 0 heterocycles. The van der Waals surface area contributed by atoms with Crippen molar-refractivity contribution in [3.63, 3.8) is 0 Å². The molecule has 1 aromatic rings. The highest BCUT2D eigenvalue weighted by atomic mass is 35.5. The molecule has 98 valence electrons. The normalized spacial score (nSPS) is 12.9. The summed E-state index contributed by atoms with van der Waals surface area (Å²) in [4.78, 5) is 0. The molecule has 3 nitrogen and oxygen atoms in total. The van der Waals surface area contributed by atoms with Gasteiger partial charge in [-0.1, -0.05) is 11.6 Å². The van der Waals surface area contributed by atoms with Crippen molar-refractivity contribution in [2.24, 2.45) is 5.41 Å². The quantitative estimate of drug-likeness (QED) is 0.908.